The normalized spacial score (nSPS) is 33.6. The van der Waals surface area contributed by atoms with Crippen LogP contribution in [0.25, 0.3) is 0 Å². The van der Waals surface area contributed by atoms with Crippen LogP contribution in [0.15, 0.2) is 12.7 Å². The number of allylic oxidation sites excluding steroid dienone is 1. The zero-order valence-corrected chi connectivity index (χ0v) is 13.0. The monoisotopic (exact) mass is 281 g/mol. The molecule has 0 aromatic rings. The van der Waals surface area contributed by atoms with E-state index in [2.05, 4.69) is 25.7 Å². The highest BCUT2D eigenvalue weighted by Gasteiger charge is 2.49. The highest BCUT2D eigenvalue weighted by atomic mass is 16.7. The Morgan fingerprint density at radius 3 is 2.80 bits per heavy atom. The van der Waals surface area contributed by atoms with Gasteiger partial charge in [-0.25, -0.2) is 0 Å². The molecule has 4 nitrogen and oxygen atoms in total. The molecule has 0 radical (unpaired) electrons. The van der Waals surface area contributed by atoms with Crippen LogP contribution in [0.5, 0.6) is 0 Å². The van der Waals surface area contributed by atoms with Gasteiger partial charge in [-0.15, -0.1) is 6.58 Å². The number of rotatable bonds is 5. The fraction of sp³-hybridized carbons (Fsp3) is 0.812. The minimum atomic E-state index is -0.604. The molecule has 2 saturated heterocycles. The van der Waals surface area contributed by atoms with Crippen molar-refractivity contribution < 1.29 is 14.3 Å². The van der Waals surface area contributed by atoms with E-state index in [1.807, 2.05) is 19.9 Å². The van der Waals surface area contributed by atoms with Crippen molar-refractivity contribution in [2.75, 3.05) is 6.61 Å². The van der Waals surface area contributed by atoms with E-state index in [9.17, 15) is 4.79 Å². The molecule has 0 spiro atoms. The first kappa shape index (κ1) is 15.5. The number of hydrogen-bond acceptors (Lipinski definition) is 3. The number of carbonyl (C=O) groups excluding carboxylic acids is 1. The minimum Gasteiger partial charge on any atom is -0.348 e. The average Bonchev–Trinajstić information content (AvgIpc) is 2.63. The number of carbonyl (C=O) groups is 1. The maximum Gasteiger partial charge on any atom is 0.226 e. The summed E-state index contributed by atoms with van der Waals surface area (Å²) in [5.41, 5.74) is 0. The van der Waals surface area contributed by atoms with Crippen LogP contribution in [-0.2, 0) is 14.3 Å². The molecule has 0 aromatic heterocycles. The third-order valence-corrected chi connectivity index (χ3v) is 4.15. The Morgan fingerprint density at radius 1 is 1.50 bits per heavy atom. The van der Waals surface area contributed by atoms with Crippen molar-refractivity contribution in [3.8, 4) is 0 Å². The van der Waals surface area contributed by atoms with Gasteiger partial charge in [-0.1, -0.05) is 19.9 Å². The van der Waals surface area contributed by atoms with Crippen LogP contribution in [0.2, 0.25) is 0 Å². The lowest BCUT2D eigenvalue weighted by Gasteiger charge is -2.39. The summed E-state index contributed by atoms with van der Waals surface area (Å²) in [5, 5.41) is 3.00. The van der Waals surface area contributed by atoms with Crippen molar-refractivity contribution in [1.29, 1.82) is 0 Å². The van der Waals surface area contributed by atoms with Crippen molar-refractivity contribution in [3.05, 3.63) is 12.7 Å². The lowest BCUT2D eigenvalue weighted by molar-refractivity contribution is -0.282. The van der Waals surface area contributed by atoms with Crippen LogP contribution in [-0.4, -0.2) is 30.4 Å². The van der Waals surface area contributed by atoms with Crippen molar-refractivity contribution in [2.24, 2.45) is 17.8 Å². The van der Waals surface area contributed by atoms with Gasteiger partial charge in [0.25, 0.3) is 0 Å². The molecule has 2 heterocycles. The lowest BCUT2D eigenvalue weighted by atomic mass is 9.85. The Morgan fingerprint density at radius 2 is 2.20 bits per heavy atom. The second kappa shape index (κ2) is 5.86. The molecule has 20 heavy (non-hydrogen) atoms. The Kier molecular flexibility index (Phi) is 4.55. The number of hydrogen-bond donors (Lipinski definition) is 1. The first-order valence-electron chi connectivity index (χ1n) is 7.57. The molecule has 1 amide bonds. The third-order valence-electron chi connectivity index (χ3n) is 4.15. The maximum absolute atomic E-state index is 12.2. The molecule has 0 bridgehead atoms. The second-order valence-corrected chi connectivity index (χ2v) is 6.88. The summed E-state index contributed by atoms with van der Waals surface area (Å²) >= 11 is 0. The Bertz CT molecular complexity index is 378. The van der Waals surface area contributed by atoms with Crippen LogP contribution in [0.1, 0.15) is 40.5 Å². The van der Waals surface area contributed by atoms with E-state index in [0.717, 1.165) is 12.8 Å². The Labute approximate surface area is 121 Å². The first-order valence-corrected chi connectivity index (χ1v) is 7.57. The van der Waals surface area contributed by atoms with Gasteiger partial charge >= 0.3 is 0 Å². The van der Waals surface area contributed by atoms with E-state index in [4.69, 9.17) is 9.47 Å². The molecule has 2 fully saturated rings. The highest BCUT2D eigenvalue weighted by molar-refractivity contribution is 5.82. The van der Waals surface area contributed by atoms with Crippen molar-refractivity contribution in [1.82, 2.24) is 5.32 Å². The highest BCUT2D eigenvalue weighted by Crippen LogP contribution is 2.35. The van der Waals surface area contributed by atoms with Gasteiger partial charge in [0.2, 0.25) is 5.91 Å². The van der Waals surface area contributed by atoms with Gasteiger partial charge in [-0.05, 0) is 38.5 Å². The smallest absolute Gasteiger partial charge is 0.226 e. The summed E-state index contributed by atoms with van der Waals surface area (Å²) < 4.78 is 11.6. The van der Waals surface area contributed by atoms with Gasteiger partial charge in [-0.3, -0.25) is 4.79 Å². The van der Waals surface area contributed by atoms with Crippen LogP contribution in [0.3, 0.4) is 0 Å². The molecule has 0 aliphatic carbocycles. The molecule has 0 saturated carbocycles. The molecular weight excluding hydrogens is 254 g/mol. The van der Waals surface area contributed by atoms with Crippen molar-refractivity contribution in [3.63, 3.8) is 0 Å². The number of amides is 1. The quantitative estimate of drug-likeness (QED) is 0.788. The molecule has 4 atom stereocenters. The zero-order chi connectivity index (χ0) is 14.9. The standard InChI is InChI=1S/C16H27NO3/c1-6-11(7-10(2)3)8-12-14-13(17-15(12)18)9-19-16(4,5)20-14/h6,10-14H,1,7-9H2,2-5H3,(H,17,18)/t11-,12+,13+,14+/m0/s1. The summed E-state index contributed by atoms with van der Waals surface area (Å²) in [7, 11) is 0. The summed E-state index contributed by atoms with van der Waals surface area (Å²) in [6.45, 7) is 12.7. The summed E-state index contributed by atoms with van der Waals surface area (Å²) in [4.78, 5) is 12.2. The Balaban J connectivity index is 2.05. The van der Waals surface area contributed by atoms with Crippen LogP contribution < -0.4 is 5.32 Å². The van der Waals surface area contributed by atoms with Gasteiger partial charge in [0.05, 0.1) is 24.7 Å². The fourth-order valence-electron chi connectivity index (χ4n) is 3.22. The largest absolute Gasteiger partial charge is 0.348 e. The van der Waals surface area contributed by atoms with E-state index in [-0.39, 0.29) is 24.0 Å². The molecule has 2 aliphatic heterocycles. The summed E-state index contributed by atoms with van der Waals surface area (Å²) in [5.74, 6) is 0.360. The lowest BCUT2D eigenvalue weighted by Crippen LogP contribution is -2.51. The van der Waals surface area contributed by atoms with Gasteiger partial charge in [0.1, 0.15) is 0 Å². The SMILES string of the molecule is C=C[C@@H](CC(C)C)C[C@H]1C(=O)N[C@@H]2COC(C)(C)O[C@@H]21. The average molecular weight is 281 g/mol. The molecule has 1 N–H and O–H groups in total. The van der Waals surface area contributed by atoms with Crippen molar-refractivity contribution >= 4 is 5.91 Å². The van der Waals surface area contributed by atoms with E-state index in [1.165, 1.54) is 0 Å². The van der Waals surface area contributed by atoms with E-state index >= 15 is 0 Å². The van der Waals surface area contributed by atoms with E-state index < -0.39 is 5.79 Å². The predicted molar refractivity (Wildman–Crippen MR) is 78.1 cm³/mol. The number of nitrogens with one attached hydrogen (secondary N) is 1. The Hall–Kier alpha value is -0.870. The topological polar surface area (TPSA) is 47.6 Å². The first-order chi connectivity index (χ1) is 9.32. The zero-order valence-electron chi connectivity index (χ0n) is 13.0. The third kappa shape index (κ3) is 3.41. The van der Waals surface area contributed by atoms with E-state index in [1.54, 1.807) is 0 Å². The second-order valence-electron chi connectivity index (χ2n) is 6.88. The van der Waals surface area contributed by atoms with Gasteiger partial charge < -0.3 is 14.8 Å². The molecule has 2 rings (SSSR count). The minimum absolute atomic E-state index is 0.00922. The molecule has 114 valence electrons. The van der Waals surface area contributed by atoms with Crippen LogP contribution >= 0.6 is 0 Å². The molecular formula is C16H27NO3. The number of fused-ring (bicyclic) bond motifs is 1. The molecule has 0 aromatic carbocycles. The van der Waals surface area contributed by atoms with Gasteiger partial charge in [0, 0.05) is 0 Å². The summed E-state index contributed by atoms with van der Waals surface area (Å²) in [6, 6.07) is -0.00922. The van der Waals surface area contributed by atoms with Gasteiger partial charge in [-0.2, -0.15) is 0 Å². The molecule has 0 unspecified atom stereocenters. The number of ether oxygens (including phenoxy) is 2. The fourth-order valence-corrected chi connectivity index (χ4v) is 3.22. The van der Waals surface area contributed by atoms with E-state index in [0.29, 0.717) is 18.4 Å². The summed E-state index contributed by atoms with van der Waals surface area (Å²) in [6.07, 6.45) is 3.77. The van der Waals surface area contributed by atoms with Crippen LogP contribution in [0, 0.1) is 17.8 Å². The molecule has 2 aliphatic rings. The maximum atomic E-state index is 12.2. The van der Waals surface area contributed by atoms with Gasteiger partial charge in [0.15, 0.2) is 5.79 Å². The van der Waals surface area contributed by atoms with Crippen LogP contribution in [0.4, 0.5) is 0 Å². The predicted octanol–water partition coefficient (Wildman–Crippen LogP) is 2.49. The molecule has 4 heteroatoms. The van der Waals surface area contributed by atoms with Crippen molar-refractivity contribution in [2.45, 2.75) is 58.5 Å².